The zero-order valence-corrected chi connectivity index (χ0v) is 18.4. The first-order chi connectivity index (χ1) is 14.1. The van der Waals surface area contributed by atoms with Gasteiger partial charge in [0.25, 0.3) is 0 Å². The van der Waals surface area contributed by atoms with Gasteiger partial charge in [-0.1, -0.05) is 26.3 Å². The highest BCUT2D eigenvalue weighted by Gasteiger charge is 2.51. The van der Waals surface area contributed by atoms with Crippen molar-refractivity contribution in [2.24, 2.45) is 17.8 Å². The molecule has 2 fully saturated rings. The number of hydrogen-bond acceptors (Lipinski definition) is 5. The van der Waals surface area contributed by atoms with Crippen LogP contribution < -0.4 is 10.6 Å². The van der Waals surface area contributed by atoms with Crippen molar-refractivity contribution < 1.29 is 10.2 Å². The van der Waals surface area contributed by atoms with Gasteiger partial charge < -0.3 is 15.5 Å². The largest absolute Gasteiger partial charge is 0.396 e. The van der Waals surface area contributed by atoms with Crippen LogP contribution in [-0.4, -0.2) is 59.7 Å². The van der Waals surface area contributed by atoms with E-state index >= 15 is 0 Å². The number of rotatable bonds is 8. The molecule has 4 unspecified atom stereocenters. The van der Waals surface area contributed by atoms with E-state index in [-0.39, 0.29) is 24.3 Å². The zero-order valence-electron chi connectivity index (χ0n) is 18.4. The lowest BCUT2D eigenvalue weighted by atomic mass is 9.77. The lowest BCUT2D eigenvalue weighted by Gasteiger charge is -2.44. The number of aliphatic hydroxyl groups excluding tert-OH is 2. The van der Waals surface area contributed by atoms with Crippen molar-refractivity contribution in [1.82, 2.24) is 15.5 Å². The van der Waals surface area contributed by atoms with E-state index in [0.717, 1.165) is 51.9 Å². The van der Waals surface area contributed by atoms with Crippen LogP contribution in [0, 0.1) is 17.8 Å². The predicted molar refractivity (Wildman–Crippen MR) is 117 cm³/mol. The highest BCUT2D eigenvalue weighted by Crippen LogP contribution is 2.48. The van der Waals surface area contributed by atoms with E-state index in [1.165, 1.54) is 37.0 Å². The Labute approximate surface area is 176 Å². The molecular formula is C24H41N3O2. The first-order valence-corrected chi connectivity index (χ1v) is 12.1. The zero-order chi connectivity index (χ0) is 20.4. The van der Waals surface area contributed by atoms with E-state index in [0.29, 0.717) is 11.8 Å². The first-order valence-electron chi connectivity index (χ1n) is 12.1. The Morgan fingerprint density at radius 3 is 2.93 bits per heavy atom. The Bertz CT molecular complexity index is 642. The van der Waals surface area contributed by atoms with Gasteiger partial charge in [-0.15, -0.1) is 0 Å². The van der Waals surface area contributed by atoms with Crippen LogP contribution in [0.1, 0.15) is 65.2 Å². The minimum absolute atomic E-state index is 0.0855. The number of nitrogens with zero attached hydrogens (tertiary/aromatic N) is 1. The molecule has 5 atom stereocenters. The molecule has 0 aromatic rings. The Morgan fingerprint density at radius 1 is 1.31 bits per heavy atom. The minimum Gasteiger partial charge on any atom is -0.396 e. The summed E-state index contributed by atoms with van der Waals surface area (Å²) in [4.78, 5) is 2.51. The Kier molecular flexibility index (Phi) is 6.69. The normalized spacial score (nSPS) is 34.4. The molecule has 4 N–H and O–H groups in total. The summed E-state index contributed by atoms with van der Waals surface area (Å²) in [5.41, 5.74) is 4.54. The summed E-state index contributed by atoms with van der Waals surface area (Å²) in [6.07, 6.45) is 11.3. The number of hydrogen-bond donors (Lipinski definition) is 4. The maximum Gasteiger partial charge on any atom is 0.0950 e. The minimum atomic E-state index is -0.225. The summed E-state index contributed by atoms with van der Waals surface area (Å²) >= 11 is 0. The van der Waals surface area contributed by atoms with Gasteiger partial charge in [0.05, 0.1) is 18.4 Å². The van der Waals surface area contributed by atoms with Crippen LogP contribution in [0.5, 0.6) is 0 Å². The predicted octanol–water partition coefficient (Wildman–Crippen LogP) is 2.76. The second-order valence-corrected chi connectivity index (χ2v) is 9.82. The van der Waals surface area contributed by atoms with Gasteiger partial charge in [0, 0.05) is 37.2 Å². The van der Waals surface area contributed by atoms with E-state index in [1.54, 1.807) is 5.57 Å². The summed E-state index contributed by atoms with van der Waals surface area (Å²) in [6.45, 7) is 8.40. The molecule has 1 spiro atoms. The van der Waals surface area contributed by atoms with Crippen LogP contribution in [0.3, 0.4) is 0 Å². The van der Waals surface area contributed by atoms with Crippen LogP contribution in [0.2, 0.25) is 0 Å². The van der Waals surface area contributed by atoms with E-state index in [2.05, 4.69) is 35.5 Å². The van der Waals surface area contributed by atoms with Gasteiger partial charge in [-0.3, -0.25) is 10.2 Å². The molecule has 0 aromatic carbocycles. The average molecular weight is 404 g/mol. The van der Waals surface area contributed by atoms with Gasteiger partial charge in [-0.25, -0.2) is 0 Å². The first kappa shape index (κ1) is 21.4. The van der Waals surface area contributed by atoms with Crippen LogP contribution >= 0.6 is 0 Å². The van der Waals surface area contributed by atoms with E-state index < -0.39 is 0 Å². The van der Waals surface area contributed by atoms with Gasteiger partial charge >= 0.3 is 0 Å². The highest BCUT2D eigenvalue weighted by atomic mass is 16.3. The third kappa shape index (κ3) is 4.16. The summed E-state index contributed by atoms with van der Waals surface area (Å²) in [5, 5.41) is 28.3. The fourth-order valence-electron chi connectivity index (χ4n) is 6.43. The lowest BCUT2D eigenvalue weighted by Crippen LogP contribution is -2.61. The van der Waals surface area contributed by atoms with Gasteiger partial charge in [-0.2, -0.15) is 0 Å². The molecule has 5 nitrogen and oxygen atoms in total. The van der Waals surface area contributed by atoms with E-state index in [4.69, 9.17) is 0 Å². The van der Waals surface area contributed by atoms with Crippen LogP contribution in [-0.2, 0) is 0 Å². The van der Waals surface area contributed by atoms with Crippen molar-refractivity contribution in [2.75, 3.05) is 32.8 Å². The van der Waals surface area contributed by atoms with Gasteiger partial charge in [0.2, 0.25) is 0 Å². The molecule has 29 heavy (non-hydrogen) atoms. The van der Waals surface area contributed by atoms with Crippen LogP contribution in [0.15, 0.2) is 22.9 Å². The summed E-state index contributed by atoms with van der Waals surface area (Å²) < 4.78 is 0. The monoisotopic (exact) mass is 403 g/mol. The standard InChI is InChI=1S/C24H41N3O2/c1-3-7-18(22(29)4-2)14-27-13-17(16-28)12-19(15-27)23-20-8-6-11-25-24(20)10-5-9-21(23)26-24/h12,17-18,20,22,25-26,28-29H,3-11,13-16H2,1-2H3/t17-,18?,20?,22?,24?/m1/s1. The quantitative estimate of drug-likeness (QED) is 0.502. The third-order valence-corrected chi connectivity index (χ3v) is 7.77. The fraction of sp³-hybridized carbons (Fsp3) is 0.833. The van der Waals surface area contributed by atoms with Crippen molar-refractivity contribution in [3.63, 3.8) is 0 Å². The Balaban J connectivity index is 1.56. The van der Waals surface area contributed by atoms with Crippen molar-refractivity contribution in [3.05, 3.63) is 22.9 Å². The molecule has 5 heteroatoms. The second-order valence-electron chi connectivity index (χ2n) is 9.82. The molecule has 4 aliphatic heterocycles. The smallest absolute Gasteiger partial charge is 0.0950 e. The Morgan fingerprint density at radius 2 is 2.17 bits per heavy atom. The highest BCUT2D eigenvalue weighted by molar-refractivity contribution is 5.46. The lowest BCUT2D eigenvalue weighted by molar-refractivity contribution is 0.0651. The number of fused-ring (bicyclic) bond motifs is 1. The summed E-state index contributed by atoms with van der Waals surface area (Å²) in [7, 11) is 0. The molecule has 0 aliphatic carbocycles. The second kappa shape index (κ2) is 9.09. The molecule has 0 aromatic heterocycles. The van der Waals surface area contributed by atoms with Crippen molar-refractivity contribution in [3.8, 4) is 0 Å². The summed E-state index contributed by atoms with van der Waals surface area (Å²) in [5.74, 6) is 1.08. The fourth-order valence-corrected chi connectivity index (χ4v) is 6.43. The SMILES string of the molecule is CCCC(CN1CC(C2=C3CCCC4(NCCCC24)N3)=C[C@@H](CO)C1)C(O)CC. The molecule has 2 saturated heterocycles. The van der Waals surface area contributed by atoms with Crippen LogP contribution in [0.25, 0.3) is 0 Å². The number of allylic oxidation sites excluding steroid dienone is 1. The molecular weight excluding hydrogens is 362 g/mol. The molecule has 164 valence electrons. The van der Waals surface area contributed by atoms with Crippen molar-refractivity contribution in [1.29, 1.82) is 0 Å². The van der Waals surface area contributed by atoms with E-state index in [1.807, 2.05) is 0 Å². The Hall–Kier alpha value is -0.880. The number of aliphatic hydroxyl groups is 2. The van der Waals surface area contributed by atoms with Gasteiger partial charge in [0.1, 0.15) is 0 Å². The molecule has 0 saturated carbocycles. The molecule has 4 rings (SSSR count). The third-order valence-electron chi connectivity index (χ3n) is 7.77. The van der Waals surface area contributed by atoms with Crippen LogP contribution in [0.4, 0.5) is 0 Å². The molecule has 0 radical (unpaired) electrons. The number of nitrogens with one attached hydrogen (secondary N) is 2. The van der Waals surface area contributed by atoms with Gasteiger partial charge in [0.15, 0.2) is 0 Å². The topological polar surface area (TPSA) is 67.8 Å². The molecule has 4 heterocycles. The maximum atomic E-state index is 10.5. The summed E-state index contributed by atoms with van der Waals surface area (Å²) in [6, 6.07) is 0. The van der Waals surface area contributed by atoms with E-state index in [9.17, 15) is 10.2 Å². The molecule has 2 bridgehead atoms. The van der Waals surface area contributed by atoms with Crippen molar-refractivity contribution >= 4 is 0 Å². The maximum absolute atomic E-state index is 10.5. The average Bonchev–Trinajstić information content (AvgIpc) is 2.98. The number of piperidine rings is 2. The molecule has 0 amide bonds. The van der Waals surface area contributed by atoms with Gasteiger partial charge in [-0.05, 0) is 68.6 Å². The molecule has 4 aliphatic rings. The van der Waals surface area contributed by atoms with Crippen molar-refractivity contribution in [2.45, 2.75) is 77.0 Å².